The summed E-state index contributed by atoms with van der Waals surface area (Å²) in [4.78, 5) is 16.7. The summed E-state index contributed by atoms with van der Waals surface area (Å²) in [5, 5.41) is 0. The van der Waals surface area contributed by atoms with E-state index in [-0.39, 0.29) is 5.91 Å². The van der Waals surface area contributed by atoms with Gasteiger partial charge < -0.3 is 20.3 Å². The molecule has 0 atom stereocenters. The van der Waals surface area contributed by atoms with Gasteiger partial charge in [0.2, 0.25) is 0 Å². The molecular weight excluding hydrogens is 266 g/mol. The van der Waals surface area contributed by atoms with Gasteiger partial charge >= 0.3 is 0 Å². The number of hydrogen-bond acceptors (Lipinski definition) is 4. The predicted octanol–water partition coefficient (Wildman–Crippen LogP) is 1.73. The highest BCUT2D eigenvalue weighted by Gasteiger charge is 2.21. The molecule has 5 nitrogen and oxygen atoms in total. The Morgan fingerprint density at radius 2 is 1.76 bits per heavy atom. The molecule has 2 fully saturated rings. The van der Waals surface area contributed by atoms with Gasteiger partial charge in [-0.25, -0.2) is 0 Å². The maximum absolute atomic E-state index is 12.5. The quantitative estimate of drug-likeness (QED) is 0.842. The molecule has 0 aromatic heterocycles. The van der Waals surface area contributed by atoms with Crippen molar-refractivity contribution >= 4 is 17.3 Å². The number of amides is 1. The number of carbonyl (C=O) groups is 1. The Morgan fingerprint density at radius 3 is 2.43 bits per heavy atom. The van der Waals surface area contributed by atoms with E-state index in [0.29, 0.717) is 11.3 Å². The smallest absolute Gasteiger partial charge is 0.255 e. The highest BCUT2D eigenvalue weighted by molar-refractivity contribution is 5.99. The Bertz CT molecular complexity index is 506. The van der Waals surface area contributed by atoms with Crippen LogP contribution in [-0.2, 0) is 4.74 Å². The Kier molecular flexibility index (Phi) is 4.29. The third-order valence-corrected chi connectivity index (χ3v) is 4.29. The number of morpholine rings is 1. The maximum Gasteiger partial charge on any atom is 0.255 e. The van der Waals surface area contributed by atoms with Crippen LogP contribution >= 0.6 is 0 Å². The van der Waals surface area contributed by atoms with E-state index in [2.05, 4.69) is 4.90 Å². The Labute approximate surface area is 125 Å². The molecule has 2 aliphatic rings. The zero-order valence-electron chi connectivity index (χ0n) is 12.4. The van der Waals surface area contributed by atoms with E-state index in [4.69, 9.17) is 10.5 Å². The van der Waals surface area contributed by atoms with Crippen molar-refractivity contribution in [3.63, 3.8) is 0 Å². The molecular formula is C16H23N3O2. The summed E-state index contributed by atoms with van der Waals surface area (Å²) in [5.74, 6) is 0.0701. The second kappa shape index (κ2) is 6.35. The van der Waals surface area contributed by atoms with Gasteiger partial charge in [-0.3, -0.25) is 4.79 Å². The number of piperidine rings is 1. The molecule has 5 heteroatoms. The summed E-state index contributed by atoms with van der Waals surface area (Å²) in [6.45, 7) is 4.94. The van der Waals surface area contributed by atoms with Crippen LogP contribution in [0.4, 0.5) is 11.4 Å². The molecule has 0 bridgehead atoms. The molecule has 1 amide bonds. The summed E-state index contributed by atoms with van der Waals surface area (Å²) >= 11 is 0. The third kappa shape index (κ3) is 3.13. The molecule has 0 saturated carbocycles. The van der Waals surface area contributed by atoms with Gasteiger partial charge in [0, 0.05) is 37.6 Å². The molecule has 2 aliphatic heterocycles. The summed E-state index contributed by atoms with van der Waals surface area (Å²) < 4.78 is 5.36. The molecule has 2 N–H and O–H groups in total. The van der Waals surface area contributed by atoms with Crippen molar-refractivity contribution in [1.82, 2.24) is 4.90 Å². The van der Waals surface area contributed by atoms with Crippen LogP contribution in [0.5, 0.6) is 0 Å². The van der Waals surface area contributed by atoms with Crippen LogP contribution in [0.3, 0.4) is 0 Å². The predicted molar refractivity (Wildman–Crippen MR) is 83.6 cm³/mol. The fraction of sp³-hybridized carbons (Fsp3) is 0.562. The van der Waals surface area contributed by atoms with Gasteiger partial charge in [0.1, 0.15) is 0 Å². The van der Waals surface area contributed by atoms with Crippen molar-refractivity contribution in [2.75, 3.05) is 50.0 Å². The van der Waals surface area contributed by atoms with Crippen LogP contribution in [0.25, 0.3) is 0 Å². The Hall–Kier alpha value is -1.75. The number of hydrogen-bond donors (Lipinski definition) is 1. The first-order valence-electron chi connectivity index (χ1n) is 7.77. The van der Waals surface area contributed by atoms with Gasteiger partial charge in [0.25, 0.3) is 5.91 Å². The number of anilines is 2. The number of nitrogen functional groups attached to an aromatic ring is 1. The largest absolute Gasteiger partial charge is 0.398 e. The monoisotopic (exact) mass is 289 g/mol. The molecule has 0 radical (unpaired) electrons. The van der Waals surface area contributed by atoms with Crippen molar-refractivity contribution < 1.29 is 9.53 Å². The first kappa shape index (κ1) is 14.2. The van der Waals surface area contributed by atoms with Gasteiger partial charge in [-0.15, -0.1) is 0 Å². The Balaban J connectivity index is 1.75. The van der Waals surface area contributed by atoms with Crippen molar-refractivity contribution in [2.45, 2.75) is 19.3 Å². The molecule has 114 valence electrons. The molecule has 0 aliphatic carbocycles. The van der Waals surface area contributed by atoms with Crippen molar-refractivity contribution in [3.05, 3.63) is 23.8 Å². The lowest BCUT2D eigenvalue weighted by molar-refractivity contribution is 0.0725. The number of nitrogens with zero attached hydrogens (tertiary/aromatic N) is 2. The Morgan fingerprint density at radius 1 is 1.05 bits per heavy atom. The molecule has 1 aromatic rings. The minimum atomic E-state index is 0.0701. The van der Waals surface area contributed by atoms with Gasteiger partial charge in [-0.2, -0.15) is 0 Å². The van der Waals surface area contributed by atoms with E-state index in [1.54, 1.807) is 0 Å². The van der Waals surface area contributed by atoms with Crippen molar-refractivity contribution in [2.24, 2.45) is 0 Å². The molecule has 2 saturated heterocycles. The fourth-order valence-electron chi connectivity index (χ4n) is 3.03. The molecule has 21 heavy (non-hydrogen) atoms. The number of ether oxygens (including phenoxy) is 1. The molecule has 0 spiro atoms. The van der Waals surface area contributed by atoms with Crippen LogP contribution in [0, 0.1) is 0 Å². The minimum Gasteiger partial charge on any atom is -0.398 e. The molecule has 3 rings (SSSR count). The normalized spacial score (nSPS) is 19.6. The number of nitrogens with two attached hydrogens (primary N) is 1. The van der Waals surface area contributed by atoms with E-state index >= 15 is 0 Å². The summed E-state index contributed by atoms with van der Waals surface area (Å²) in [6, 6.07) is 5.79. The first-order chi connectivity index (χ1) is 10.3. The average Bonchev–Trinajstić information content (AvgIpc) is 2.56. The highest BCUT2D eigenvalue weighted by atomic mass is 16.5. The zero-order chi connectivity index (χ0) is 14.7. The van der Waals surface area contributed by atoms with Gasteiger partial charge in [-0.1, -0.05) is 0 Å². The van der Waals surface area contributed by atoms with Crippen molar-refractivity contribution in [1.29, 1.82) is 0 Å². The zero-order valence-corrected chi connectivity index (χ0v) is 12.4. The summed E-state index contributed by atoms with van der Waals surface area (Å²) in [5.41, 5.74) is 8.42. The maximum atomic E-state index is 12.5. The number of likely N-dealkylation sites (tertiary alicyclic amines) is 1. The van der Waals surface area contributed by atoms with E-state index in [0.717, 1.165) is 57.9 Å². The lowest BCUT2D eigenvalue weighted by atomic mass is 10.1. The van der Waals surface area contributed by atoms with Crippen LogP contribution in [0.2, 0.25) is 0 Å². The average molecular weight is 289 g/mol. The van der Waals surface area contributed by atoms with Crippen LogP contribution in [-0.4, -0.2) is 50.2 Å². The van der Waals surface area contributed by atoms with E-state index < -0.39 is 0 Å². The van der Waals surface area contributed by atoms with Gasteiger partial charge in [-0.05, 0) is 37.5 Å². The number of benzene rings is 1. The van der Waals surface area contributed by atoms with E-state index in [1.165, 1.54) is 6.42 Å². The summed E-state index contributed by atoms with van der Waals surface area (Å²) in [6.07, 6.45) is 3.41. The molecule has 0 unspecified atom stereocenters. The van der Waals surface area contributed by atoms with Crippen LogP contribution in [0.15, 0.2) is 18.2 Å². The summed E-state index contributed by atoms with van der Waals surface area (Å²) in [7, 11) is 0. The number of rotatable bonds is 2. The lowest BCUT2D eigenvalue weighted by Crippen LogP contribution is -2.37. The second-order valence-corrected chi connectivity index (χ2v) is 5.72. The molecule has 1 aromatic carbocycles. The van der Waals surface area contributed by atoms with E-state index in [9.17, 15) is 4.79 Å². The first-order valence-corrected chi connectivity index (χ1v) is 7.77. The van der Waals surface area contributed by atoms with Crippen molar-refractivity contribution in [3.8, 4) is 0 Å². The third-order valence-electron chi connectivity index (χ3n) is 4.29. The lowest BCUT2D eigenvalue weighted by Gasteiger charge is -2.30. The van der Waals surface area contributed by atoms with Gasteiger partial charge in [0.15, 0.2) is 0 Å². The van der Waals surface area contributed by atoms with Crippen LogP contribution in [0.1, 0.15) is 29.6 Å². The molecule has 2 heterocycles. The van der Waals surface area contributed by atoms with E-state index in [1.807, 2.05) is 23.1 Å². The minimum absolute atomic E-state index is 0.0701. The van der Waals surface area contributed by atoms with Gasteiger partial charge in [0.05, 0.1) is 18.8 Å². The SMILES string of the molecule is Nc1cc(N2CCOCC2)ccc1C(=O)N1CCCCC1. The standard InChI is InChI=1S/C16H23N3O2/c17-15-12-13(18-8-10-21-11-9-18)4-5-14(15)16(20)19-6-2-1-3-7-19/h4-5,12H,1-3,6-11,17H2. The highest BCUT2D eigenvalue weighted by Crippen LogP contribution is 2.24. The second-order valence-electron chi connectivity index (χ2n) is 5.72. The van der Waals surface area contributed by atoms with Crippen LogP contribution < -0.4 is 10.6 Å². The topological polar surface area (TPSA) is 58.8 Å². The fourth-order valence-corrected chi connectivity index (χ4v) is 3.03. The number of carbonyl (C=O) groups excluding carboxylic acids is 1.